The first-order chi connectivity index (χ1) is 11.0. The highest BCUT2D eigenvalue weighted by Gasteiger charge is 2.36. The third-order valence-corrected chi connectivity index (χ3v) is 5.00. The first kappa shape index (κ1) is 17.1. The molecule has 2 aliphatic rings. The van der Waals surface area contributed by atoms with Crippen LogP contribution in [-0.4, -0.2) is 77.7 Å². The maximum Gasteiger partial charge on any atom is 0.124 e. The van der Waals surface area contributed by atoms with Crippen molar-refractivity contribution in [2.24, 2.45) is 0 Å². The Bertz CT molecular complexity index is 540. The third-order valence-electron chi connectivity index (χ3n) is 4.65. The third kappa shape index (κ3) is 4.02. The Labute approximate surface area is 140 Å². The van der Waals surface area contributed by atoms with Crippen molar-refractivity contribution >= 4 is 11.6 Å². The van der Waals surface area contributed by atoms with Crippen LogP contribution in [0.2, 0.25) is 5.02 Å². The second-order valence-electron chi connectivity index (χ2n) is 6.21. The minimum Gasteiger partial charge on any atom is -0.389 e. The van der Waals surface area contributed by atoms with Gasteiger partial charge in [-0.05, 0) is 17.7 Å². The summed E-state index contributed by atoms with van der Waals surface area (Å²) in [6.07, 6.45) is -1.58. The zero-order valence-corrected chi connectivity index (χ0v) is 13.6. The van der Waals surface area contributed by atoms with Crippen molar-refractivity contribution < 1.29 is 19.3 Å². The fraction of sp³-hybridized carbons (Fsp3) is 0.625. The van der Waals surface area contributed by atoms with Crippen LogP contribution in [0.1, 0.15) is 5.56 Å². The number of halogens is 2. The SMILES string of the molecule is O[C@@H]1[C@H](O)COC[C@H]1N1CCN(Cc2ccc(F)cc2Cl)CC1. The highest BCUT2D eigenvalue weighted by atomic mass is 35.5. The molecular formula is C16H22ClFN2O3. The summed E-state index contributed by atoms with van der Waals surface area (Å²) in [5, 5.41) is 20.3. The molecule has 0 saturated carbocycles. The molecule has 2 heterocycles. The molecule has 2 N–H and O–H groups in total. The Kier molecular flexibility index (Phi) is 5.51. The van der Waals surface area contributed by atoms with Gasteiger partial charge in [-0.15, -0.1) is 0 Å². The van der Waals surface area contributed by atoms with Gasteiger partial charge in [0.05, 0.1) is 25.4 Å². The standard InChI is InChI=1S/C16H22ClFN2O3/c17-13-7-12(18)2-1-11(13)8-19-3-5-20(6-4-19)14-9-23-10-15(21)16(14)22/h1-2,7,14-16,21-22H,3-6,8-10H2/t14-,15-,16+/m1/s1. The van der Waals surface area contributed by atoms with Crippen LogP contribution in [0, 0.1) is 5.82 Å². The maximum atomic E-state index is 13.1. The summed E-state index contributed by atoms with van der Waals surface area (Å²) in [6.45, 7) is 4.55. The molecule has 0 amide bonds. The molecule has 0 radical (unpaired) electrons. The zero-order chi connectivity index (χ0) is 16.4. The van der Waals surface area contributed by atoms with E-state index in [2.05, 4.69) is 9.80 Å². The van der Waals surface area contributed by atoms with Crippen molar-refractivity contribution in [2.45, 2.75) is 24.8 Å². The molecule has 3 atom stereocenters. The summed E-state index contributed by atoms with van der Waals surface area (Å²) in [5.41, 5.74) is 0.915. The number of nitrogens with zero attached hydrogens (tertiary/aromatic N) is 2. The number of aliphatic hydroxyl groups is 2. The monoisotopic (exact) mass is 344 g/mol. The molecule has 23 heavy (non-hydrogen) atoms. The van der Waals surface area contributed by atoms with Crippen LogP contribution < -0.4 is 0 Å². The molecule has 5 nitrogen and oxygen atoms in total. The van der Waals surface area contributed by atoms with E-state index in [4.69, 9.17) is 16.3 Å². The fourth-order valence-electron chi connectivity index (χ4n) is 3.23. The summed E-state index contributed by atoms with van der Waals surface area (Å²) in [7, 11) is 0. The van der Waals surface area contributed by atoms with E-state index in [-0.39, 0.29) is 18.5 Å². The largest absolute Gasteiger partial charge is 0.389 e. The molecule has 1 aromatic rings. The van der Waals surface area contributed by atoms with Crippen LogP contribution in [0.25, 0.3) is 0 Å². The number of rotatable bonds is 3. The quantitative estimate of drug-likeness (QED) is 0.846. The molecule has 0 aliphatic carbocycles. The van der Waals surface area contributed by atoms with Gasteiger partial charge in [0.1, 0.15) is 11.9 Å². The van der Waals surface area contributed by atoms with Gasteiger partial charge in [-0.1, -0.05) is 17.7 Å². The van der Waals surface area contributed by atoms with E-state index in [1.54, 1.807) is 6.07 Å². The van der Waals surface area contributed by atoms with Gasteiger partial charge in [-0.2, -0.15) is 0 Å². The minimum atomic E-state index is -0.815. The predicted octanol–water partition coefficient (Wildman–Crippen LogP) is 0.717. The molecule has 2 aliphatic heterocycles. The Morgan fingerprint density at radius 2 is 1.91 bits per heavy atom. The Morgan fingerprint density at radius 1 is 1.17 bits per heavy atom. The van der Waals surface area contributed by atoms with Gasteiger partial charge in [0, 0.05) is 37.7 Å². The van der Waals surface area contributed by atoms with Crippen molar-refractivity contribution in [2.75, 3.05) is 39.4 Å². The van der Waals surface area contributed by atoms with Crippen molar-refractivity contribution in [1.29, 1.82) is 0 Å². The van der Waals surface area contributed by atoms with Gasteiger partial charge in [-0.3, -0.25) is 9.80 Å². The average molecular weight is 345 g/mol. The molecule has 128 valence electrons. The van der Waals surface area contributed by atoms with E-state index < -0.39 is 12.2 Å². The van der Waals surface area contributed by atoms with E-state index in [0.29, 0.717) is 18.2 Å². The topological polar surface area (TPSA) is 56.2 Å². The minimum absolute atomic E-state index is 0.157. The lowest BCUT2D eigenvalue weighted by Crippen LogP contribution is -2.60. The Morgan fingerprint density at radius 3 is 2.61 bits per heavy atom. The molecule has 7 heteroatoms. The summed E-state index contributed by atoms with van der Waals surface area (Å²) in [5.74, 6) is -0.326. The smallest absolute Gasteiger partial charge is 0.124 e. The van der Waals surface area contributed by atoms with E-state index >= 15 is 0 Å². The van der Waals surface area contributed by atoms with E-state index in [1.165, 1.54) is 12.1 Å². The Hall–Kier alpha value is -0.760. The van der Waals surface area contributed by atoms with Crippen LogP contribution in [0.4, 0.5) is 4.39 Å². The summed E-state index contributed by atoms with van der Waals surface area (Å²) in [6, 6.07) is 4.33. The van der Waals surface area contributed by atoms with Gasteiger partial charge >= 0.3 is 0 Å². The predicted molar refractivity (Wildman–Crippen MR) is 84.9 cm³/mol. The second-order valence-corrected chi connectivity index (χ2v) is 6.62. The molecule has 0 spiro atoms. The first-order valence-electron chi connectivity index (χ1n) is 7.89. The van der Waals surface area contributed by atoms with Gasteiger partial charge in [0.25, 0.3) is 0 Å². The molecule has 0 unspecified atom stereocenters. The lowest BCUT2D eigenvalue weighted by Gasteiger charge is -2.43. The average Bonchev–Trinajstić information content (AvgIpc) is 2.54. The van der Waals surface area contributed by atoms with E-state index in [0.717, 1.165) is 31.7 Å². The molecule has 1 aromatic carbocycles. The molecule has 0 aromatic heterocycles. The highest BCUT2D eigenvalue weighted by Crippen LogP contribution is 2.21. The molecule has 2 saturated heterocycles. The second kappa shape index (κ2) is 7.42. The summed E-state index contributed by atoms with van der Waals surface area (Å²) in [4.78, 5) is 4.41. The number of piperazine rings is 1. The number of benzene rings is 1. The Balaban J connectivity index is 1.54. The van der Waals surface area contributed by atoms with Crippen LogP contribution in [0.15, 0.2) is 18.2 Å². The van der Waals surface area contributed by atoms with E-state index in [9.17, 15) is 14.6 Å². The number of hydrogen-bond donors (Lipinski definition) is 2. The lowest BCUT2D eigenvalue weighted by atomic mass is 10.0. The molecule has 0 bridgehead atoms. The summed E-state index contributed by atoms with van der Waals surface area (Å²) >= 11 is 6.08. The van der Waals surface area contributed by atoms with Gasteiger partial charge in [-0.25, -0.2) is 4.39 Å². The van der Waals surface area contributed by atoms with Gasteiger partial charge < -0.3 is 14.9 Å². The van der Waals surface area contributed by atoms with Crippen molar-refractivity contribution in [3.05, 3.63) is 34.6 Å². The number of hydrogen-bond acceptors (Lipinski definition) is 5. The fourth-order valence-corrected chi connectivity index (χ4v) is 3.46. The van der Waals surface area contributed by atoms with Crippen LogP contribution >= 0.6 is 11.6 Å². The normalized spacial score (nSPS) is 30.5. The number of ether oxygens (including phenoxy) is 1. The van der Waals surface area contributed by atoms with Crippen molar-refractivity contribution in [3.8, 4) is 0 Å². The summed E-state index contributed by atoms with van der Waals surface area (Å²) < 4.78 is 18.4. The van der Waals surface area contributed by atoms with Crippen molar-refractivity contribution in [3.63, 3.8) is 0 Å². The lowest BCUT2D eigenvalue weighted by molar-refractivity contribution is -0.137. The first-order valence-corrected chi connectivity index (χ1v) is 8.26. The van der Waals surface area contributed by atoms with Crippen LogP contribution in [0.5, 0.6) is 0 Å². The zero-order valence-electron chi connectivity index (χ0n) is 12.9. The van der Waals surface area contributed by atoms with Gasteiger partial charge in [0.2, 0.25) is 0 Å². The van der Waals surface area contributed by atoms with E-state index in [1.807, 2.05) is 0 Å². The molecule has 3 rings (SSSR count). The molecule has 2 fully saturated rings. The highest BCUT2D eigenvalue weighted by molar-refractivity contribution is 6.31. The van der Waals surface area contributed by atoms with Crippen LogP contribution in [-0.2, 0) is 11.3 Å². The van der Waals surface area contributed by atoms with Gasteiger partial charge in [0.15, 0.2) is 0 Å². The van der Waals surface area contributed by atoms with Crippen LogP contribution in [0.3, 0.4) is 0 Å². The van der Waals surface area contributed by atoms with Crippen molar-refractivity contribution in [1.82, 2.24) is 9.80 Å². The maximum absolute atomic E-state index is 13.1. The molecular weight excluding hydrogens is 323 g/mol. The number of aliphatic hydroxyl groups excluding tert-OH is 2.